The maximum absolute atomic E-state index is 14.0. The average Bonchev–Trinajstić information content (AvgIpc) is 3.42. The number of methoxy groups -OCH3 is 2. The Hall–Kier alpha value is -4.12. The van der Waals surface area contributed by atoms with Crippen molar-refractivity contribution in [2.75, 3.05) is 53.6 Å². The van der Waals surface area contributed by atoms with Gasteiger partial charge in [0.2, 0.25) is 5.91 Å². The largest absolute Gasteiger partial charge is 0.493 e. The fourth-order valence-electron chi connectivity index (χ4n) is 6.33. The molecule has 2 atom stereocenters. The molecule has 0 radical (unpaired) electrons. The van der Waals surface area contributed by atoms with Crippen molar-refractivity contribution < 1.29 is 38.1 Å². The lowest BCUT2D eigenvalue weighted by atomic mass is 9.95. The normalized spacial score (nSPS) is 21.4. The van der Waals surface area contributed by atoms with Gasteiger partial charge in [-0.1, -0.05) is 18.2 Å². The van der Waals surface area contributed by atoms with E-state index >= 15 is 0 Å². The molecule has 3 saturated heterocycles. The van der Waals surface area contributed by atoms with Gasteiger partial charge in [-0.2, -0.15) is 0 Å². The van der Waals surface area contributed by atoms with Crippen molar-refractivity contribution in [2.24, 2.45) is 5.92 Å². The topological polar surface area (TPSA) is 115 Å². The summed E-state index contributed by atoms with van der Waals surface area (Å²) in [5.41, 5.74) is -0.123. The van der Waals surface area contributed by atoms with E-state index in [0.717, 1.165) is 0 Å². The minimum absolute atomic E-state index is 0.0433. The summed E-state index contributed by atoms with van der Waals surface area (Å²) in [6, 6.07) is 13.0. The summed E-state index contributed by atoms with van der Waals surface area (Å²) < 4.78 is 22.2. The van der Waals surface area contributed by atoms with E-state index in [4.69, 9.17) is 18.9 Å². The molecule has 230 valence electrons. The van der Waals surface area contributed by atoms with E-state index in [1.54, 1.807) is 64.1 Å². The molecule has 3 heterocycles. The second-order valence-electron chi connectivity index (χ2n) is 11.1. The molecule has 5 rings (SSSR count). The van der Waals surface area contributed by atoms with Gasteiger partial charge in [-0.05, 0) is 50.1 Å². The van der Waals surface area contributed by atoms with Gasteiger partial charge < -0.3 is 28.7 Å². The Morgan fingerprint density at radius 3 is 2.28 bits per heavy atom. The molecule has 0 aromatic heterocycles. The van der Waals surface area contributed by atoms with Crippen LogP contribution in [-0.2, 0) is 19.1 Å². The minimum Gasteiger partial charge on any atom is -0.493 e. The molecule has 0 saturated carbocycles. The molecule has 11 nitrogen and oxygen atoms in total. The van der Waals surface area contributed by atoms with Crippen molar-refractivity contribution in [3.8, 4) is 11.5 Å². The van der Waals surface area contributed by atoms with Crippen LogP contribution in [0.25, 0.3) is 0 Å². The van der Waals surface area contributed by atoms with Crippen molar-refractivity contribution in [2.45, 2.75) is 44.4 Å². The van der Waals surface area contributed by atoms with Crippen LogP contribution in [0, 0.1) is 5.92 Å². The fraction of sp³-hybridized carbons (Fsp3) is 0.500. The molecule has 3 aliphatic rings. The predicted molar refractivity (Wildman–Crippen MR) is 156 cm³/mol. The van der Waals surface area contributed by atoms with Crippen molar-refractivity contribution in [3.63, 3.8) is 0 Å². The number of carbonyl (C=O) groups excluding carboxylic acids is 4. The number of benzene rings is 2. The third-order valence-corrected chi connectivity index (χ3v) is 8.60. The first-order chi connectivity index (χ1) is 20.8. The van der Waals surface area contributed by atoms with Crippen LogP contribution in [-0.4, -0.2) is 104 Å². The molecule has 2 aromatic rings. The molecular weight excluding hydrogens is 554 g/mol. The highest BCUT2D eigenvalue weighted by atomic mass is 16.5. The second-order valence-corrected chi connectivity index (χ2v) is 11.1. The van der Waals surface area contributed by atoms with Gasteiger partial charge in [0.1, 0.15) is 11.8 Å². The molecule has 3 amide bonds. The number of rotatable bonds is 7. The molecule has 2 aromatic carbocycles. The molecule has 11 heteroatoms. The summed E-state index contributed by atoms with van der Waals surface area (Å²) in [6.07, 6.45) is 2.03. The summed E-state index contributed by atoms with van der Waals surface area (Å²) in [4.78, 5) is 58.9. The first kappa shape index (κ1) is 30.3. The van der Waals surface area contributed by atoms with E-state index in [-0.39, 0.29) is 43.4 Å². The van der Waals surface area contributed by atoms with Gasteiger partial charge in [0.25, 0.3) is 11.8 Å². The molecule has 0 N–H and O–H groups in total. The zero-order valence-corrected chi connectivity index (χ0v) is 25.0. The smallest absolute Gasteiger partial charge is 0.310 e. The SMILES string of the molecule is CCOC(=O)C1CCCN(C(=O)C2COC3(CCN(C(=O)c4ccc(OC)c(OC)c4)CC3)N2C(=O)c2ccccc2)C1. The predicted octanol–water partition coefficient (Wildman–Crippen LogP) is 2.98. The maximum atomic E-state index is 14.0. The minimum atomic E-state index is -1.04. The Kier molecular flexibility index (Phi) is 9.19. The van der Waals surface area contributed by atoms with Crippen molar-refractivity contribution in [1.82, 2.24) is 14.7 Å². The van der Waals surface area contributed by atoms with E-state index < -0.39 is 17.7 Å². The zero-order valence-electron chi connectivity index (χ0n) is 25.0. The van der Waals surface area contributed by atoms with E-state index in [9.17, 15) is 19.2 Å². The van der Waals surface area contributed by atoms with E-state index in [1.165, 1.54) is 14.2 Å². The van der Waals surface area contributed by atoms with Gasteiger partial charge in [0.15, 0.2) is 11.5 Å². The number of esters is 1. The standard InChI is InChI=1S/C32H39N3O8/c1-4-42-31(39)24-11-8-16-34(20-24)30(38)25-21-43-32(35(25)29(37)22-9-6-5-7-10-22)14-17-33(18-15-32)28(36)23-12-13-26(40-2)27(19-23)41-3/h5-7,9-10,12-13,19,24-25H,4,8,11,14-18,20-21H2,1-3H3. The Morgan fingerprint density at radius 2 is 1.60 bits per heavy atom. The molecule has 1 spiro atoms. The second kappa shape index (κ2) is 13.0. The van der Waals surface area contributed by atoms with Crippen molar-refractivity contribution >= 4 is 23.7 Å². The summed E-state index contributed by atoms with van der Waals surface area (Å²) >= 11 is 0. The first-order valence-electron chi connectivity index (χ1n) is 14.8. The number of ether oxygens (including phenoxy) is 4. The molecule has 3 aliphatic heterocycles. The van der Waals surface area contributed by atoms with Crippen molar-refractivity contribution in [3.05, 3.63) is 59.7 Å². The Morgan fingerprint density at radius 1 is 0.884 bits per heavy atom. The zero-order chi connectivity index (χ0) is 30.6. The summed E-state index contributed by atoms with van der Waals surface area (Å²) in [6.45, 7) is 3.51. The van der Waals surface area contributed by atoms with Crippen LogP contribution >= 0.6 is 0 Å². The van der Waals surface area contributed by atoms with Gasteiger partial charge in [-0.25, -0.2) is 0 Å². The third-order valence-electron chi connectivity index (χ3n) is 8.60. The molecule has 2 unspecified atom stereocenters. The van der Waals surface area contributed by atoms with Crippen LogP contribution in [0.15, 0.2) is 48.5 Å². The van der Waals surface area contributed by atoms with Gasteiger partial charge in [0, 0.05) is 50.1 Å². The average molecular weight is 594 g/mol. The summed E-state index contributed by atoms with van der Waals surface area (Å²) in [5.74, 6) is -0.399. The Labute approximate surface area is 251 Å². The van der Waals surface area contributed by atoms with Gasteiger partial charge >= 0.3 is 5.97 Å². The summed E-state index contributed by atoms with van der Waals surface area (Å²) in [7, 11) is 3.06. The van der Waals surface area contributed by atoms with Gasteiger partial charge in [0.05, 0.1) is 33.4 Å². The quantitative estimate of drug-likeness (QED) is 0.450. The lowest BCUT2D eigenvalue weighted by Gasteiger charge is -2.45. The number of likely N-dealkylation sites (tertiary alicyclic amines) is 2. The fourth-order valence-corrected chi connectivity index (χ4v) is 6.33. The maximum Gasteiger partial charge on any atom is 0.310 e. The molecule has 0 bridgehead atoms. The third kappa shape index (κ3) is 6.04. The number of piperidine rings is 2. The lowest BCUT2D eigenvalue weighted by molar-refractivity contribution is -0.152. The molecule has 0 aliphatic carbocycles. The van der Waals surface area contributed by atoms with Gasteiger partial charge in [-0.3, -0.25) is 24.1 Å². The lowest BCUT2D eigenvalue weighted by Crippen LogP contribution is -2.60. The number of nitrogens with zero attached hydrogens (tertiary/aromatic N) is 3. The summed E-state index contributed by atoms with van der Waals surface area (Å²) in [5, 5.41) is 0. The molecule has 3 fully saturated rings. The highest BCUT2D eigenvalue weighted by Crippen LogP contribution is 2.40. The highest BCUT2D eigenvalue weighted by Gasteiger charge is 2.55. The van der Waals surface area contributed by atoms with Crippen LogP contribution in [0.4, 0.5) is 0 Å². The molecular formula is C32H39N3O8. The Balaban J connectivity index is 1.36. The molecule has 43 heavy (non-hydrogen) atoms. The number of hydrogen-bond donors (Lipinski definition) is 0. The number of amides is 3. The number of carbonyl (C=O) groups is 4. The first-order valence-corrected chi connectivity index (χ1v) is 14.8. The highest BCUT2D eigenvalue weighted by molar-refractivity contribution is 5.99. The van der Waals surface area contributed by atoms with E-state index in [2.05, 4.69) is 0 Å². The monoisotopic (exact) mass is 593 g/mol. The Bertz CT molecular complexity index is 1340. The van der Waals surface area contributed by atoms with Crippen LogP contribution < -0.4 is 9.47 Å². The van der Waals surface area contributed by atoms with Crippen molar-refractivity contribution in [1.29, 1.82) is 0 Å². The van der Waals surface area contributed by atoms with Crippen LogP contribution in [0.5, 0.6) is 11.5 Å². The number of hydrogen-bond acceptors (Lipinski definition) is 8. The van der Waals surface area contributed by atoms with E-state index in [1.807, 2.05) is 6.07 Å². The van der Waals surface area contributed by atoms with Gasteiger partial charge in [-0.15, -0.1) is 0 Å². The van der Waals surface area contributed by atoms with Crippen LogP contribution in [0.2, 0.25) is 0 Å². The van der Waals surface area contributed by atoms with Crippen LogP contribution in [0.1, 0.15) is 53.3 Å². The van der Waals surface area contributed by atoms with Crippen LogP contribution in [0.3, 0.4) is 0 Å². The van der Waals surface area contributed by atoms with E-state index in [0.29, 0.717) is 67.9 Å².